The van der Waals surface area contributed by atoms with Crippen molar-refractivity contribution in [1.29, 1.82) is 5.26 Å². The van der Waals surface area contributed by atoms with Crippen LogP contribution in [0.1, 0.15) is 44.3 Å². The predicted octanol–water partition coefficient (Wildman–Crippen LogP) is 0.944. The number of carbonyl (C=O) groups is 2. The molecule has 8 heteroatoms. The number of nitrogens with one attached hydrogen (secondary N) is 2. The standard InChI is InChI=1S/C16H20N6O2/c17-7-13-18-9-22(21-13)8-14(23)19-15(24)20-16-4-10-1-11(5-16)3-12(2-10)6-16/h9-12H,1-6,8H2,(H2,19,20,23,24). The highest BCUT2D eigenvalue weighted by molar-refractivity contribution is 5.94. The Balaban J connectivity index is 1.33. The van der Waals surface area contributed by atoms with Crippen LogP contribution in [0, 0.1) is 29.1 Å². The van der Waals surface area contributed by atoms with Crippen LogP contribution >= 0.6 is 0 Å². The van der Waals surface area contributed by atoms with E-state index >= 15 is 0 Å². The Morgan fingerprint density at radius 1 is 1.25 bits per heavy atom. The maximum atomic E-state index is 12.2. The molecule has 1 heterocycles. The first-order valence-electron chi connectivity index (χ1n) is 8.45. The molecule has 1 aromatic heterocycles. The lowest BCUT2D eigenvalue weighted by Crippen LogP contribution is -2.62. The van der Waals surface area contributed by atoms with Crippen LogP contribution in [0.3, 0.4) is 0 Å². The van der Waals surface area contributed by atoms with Crippen LogP contribution in [0.2, 0.25) is 0 Å². The smallest absolute Gasteiger partial charge is 0.321 e. The molecule has 4 aliphatic carbocycles. The summed E-state index contributed by atoms with van der Waals surface area (Å²) in [6, 6.07) is 1.36. The SMILES string of the molecule is N#Cc1ncn(CC(=O)NC(=O)NC23CC4CC(CC(C4)C2)C3)n1. The molecular formula is C16H20N6O2. The molecule has 0 spiro atoms. The van der Waals surface area contributed by atoms with Crippen LogP contribution in [-0.2, 0) is 11.3 Å². The number of imide groups is 1. The summed E-state index contributed by atoms with van der Waals surface area (Å²) in [5, 5.41) is 17.9. The molecule has 1 aromatic rings. The zero-order valence-corrected chi connectivity index (χ0v) is 13.4. The summed E-state index contributed by atoms with van der Waals surface area (Å²) in [6.07, 6.45) is 8.31. The van der Waals surface area contributed by atoms with Gasteiger partial charge in [0.15, 0.2) is 0 Å². The van der Waals surface area contributed by atoms with Crippen molar-refractivity contribution >= 4 is 11.9 Å². The topological polar surface area (TPSA) is 113 Å². The van der Waals surface area contributed by atoms with Crippen LogP contribution in [0.4, 0.5) is 4.79 Å². The van der Waals surface area contributed by atoms with E-state index in [4.69, 9.17) is 5.26 Å². The Bertz CT molecular complexity index is 683. The number of aromatic nitrogens is 3. The highest BCUT2D eigenvalue weighted by Crippen LogP contribution is 2.55. The van der Waals surface area contributed by atoms with E-state index < -0.39 is 11.9 Å². The molecule has 0 aliphatic heterocycles. The average Bonchev–Trinajstić information content (AvgIpc) is 2.92. The van der Waals surface area contributed by atoms with Crippen molar-refractivity contribution in [3.63, 3.8) is 0 Å². The lowest BCUT2D eigenvalue weighted by Gasteiger charge is -2.56. The van der Waals surface area contributed by atoms with Crippen molar-refractivity contribution in [2.45, 2.75) is 50.6 Å². The second-order valence-electron chi connectivity index (χ2n) is 7.58. The third-order valence-electron chi connectivity index (χ3n) is 5.61. The molecule has 0 saturated heterocycles. The van der Waals surface area contributed by atoms with Gasteiger partial charge in [-0.25, -0.2) is 14.5 Å². The monoisotopic (exact) mass is 328 g/mol. The molecule has 126 valence electrons. The zero-order valence-electron chi connectivity index (χ0n) is 13.4. The number of amides is 3. The molecule has 0 aromatic carbocycles. The van der Waals surface area contributed by atoms with Crippen molar-refractivity contribution < 1.29 is 9.59 Å². The molecule has 2 N–H and O–H groups in total. The number of hydrogen-bond acceptors (Lipinski definition) is 5. The second-order valence-corrected chi connectivity index (χ2v) is 7.58. The van der Waals surface area contributed by atoms with Gasteiger partial charge >= 0.3 is 6.03 Å². The molecule has 4 fully saturated rings. The molecule has 4 bridgehead atoms. The second kappa shape index (κ2) is 5.58. The summed E-state index contributed by atoms with van der Waals surface area (Å²) in [5.41, 5.74) is -0.125. The summed E-state index contributed by atoms with van der Waals surface area (Å²) in [6.45, 7) is -0.136. The summed E-state index contributed by atoms with van der Waals surface area (Å²) in [7, 11) is 0. The zero-order chi connectivity index (χ0) is 16.7. The predicted molar refractivity (Wildman–Crippen MR) is 82.3 cm³/mol. The fraction of sp³-hybridized carbons (Fsp3) is 0.688. The highest BCUT2D eigenvalue weighted by atomic mass is 16.2. The van der Waals surface area contributed by atoms with E-state index in [1.165, 1.54) is 30.3 Å². The molecule has 4 aliphatic rings. The van der Waals surface area contributed by atoms with Gasteiger partial charge in [0.2, 0.25) is 5.91 Å². The number of carbonyl (C=O) groups excluding carboxylic acids is 2. The molecule has 0 unspecified atom stereocenters. The van der Waals surface area contributed by atoms with Gasteiger partial charge in [-0.2, -0.15) is 5.26 Å². The van der Waals surface area contributed by atoms with Gasteiger partial charge in [0.25, 0.3) is 5.82 Å². The lowest BCUT2D eigenvalue weighted by molar-refractivity contribution is -0.120. The maximum absolute atomic E-state index is 12.2. The van der Waals surface area contributed by atoms with E-state index in [1.54, 1.807) is 6.07 Å². The molecule has 0 atom stereocenters. The first kappa shape index (κ1) is 15.1. The van der Waals surface area contributed by atoms with Gasteiger partial charge in [-0.1, -0.05) is 0 Å². The fourth-order valence-electron chi connectivity index (χ4n) is 5.27. The number of rotatable bonds is 3. The van der Waals surface area contributed by atoms with E-state index in [2.05, 4.69) is 20.7 Å². The van der Waals surface area contributed by atoms with Gasteiger partial charge in [-0.05, 0) is 56.3 Å². The Kier molecular flexibility index (Phi) is 3.52. The fourth-order valence-corrected chi connectivity index (χ4v) is 5.27. The molecule has 0 radical (unpaired) electrons. The number of nitrogens with zero attached hydrogens (tertiary/aromatic N) is 4. The maximum Gasteiger partial charge on any atom is 0.321 e. The van der Waals surface area contributed by atoms with Crippen LogP contribution in [-0.4, -0.2) is 32.2 Å². The van der Waals surface area contributed by atoms with Gasteiger partial charge in [-0.15, -0.1) is 5.10 Å². The van der Waals surface area contributed by atoms with Crippen LogP contribution in [0.25, 0.3) is 0 Å². The third kappa shape index (κ3) is 2.86. The molecule has 24 heavy (non-hydrogen) atoms. The largest absolute Gasteiger partial charge is 0.332 e. The van der Waals surface area contributed by atoms with Crippen molar-refractivity contribution in [2.75, 3.05) is 0 Å². The Labute approximate surface area is 139 Å². The Morgan fingerprint density at radius 2 is 1.88 bits per heavy atom. The van der Waals surface area contributed by atoms with Crippen LogP contribution < -0.4 is 10.6 Å². The van der Waals surface area contributed by atoms with Crippen molar-refractivity contribution in [3.05, 3.63) is 12.2 Å². The number of nitriles is 1. The van der Waals surface area contributed by atoms with Crippen LogP contribution in [0.15, 0.2) is 6.33 Å². The van der Waals surface area contributed by atoms with Gasteiger partial charge in [0, 0.05) is 5.54 Å². The Morgan fingerprint density at radius 3 is 2.42 bits per heavy atom. The van der Waals surface area contributed by atoms with E-state index in [0.717, 1.165) is 37.0 Å². The molecule has 8 nitrogen and oxygen atoms in total. The van der Waals surface area contributed by atoms with Crippen LogP contribution in [0.5, 0.6) is 0 Å². The Hall–Kier alpha value is -2.43. The highest BCUT2D eigenvalue weighted by Gasteiger charge is 2.51. The first-order chi connectivity index (χ1) is 11.5. The van der Waals surface area contributed by atoms with E-state index in [0.29, 0.717) is 0 Å². The summed E-state index contributed by atoms with van der Waals surface area (Å²) in [5.74, 6) is 1.72. The minimum Gasteiger partial charge on any atom is -0.332 e. The minimum atomic E-state index is -0.466. The number of urea groups is 1. The van der Waals surface area contributed by atoms with E-state index in [9.17, 15) is 9.59 Å². The van der Waals surface area contributed by atoms with Crippen molar-refractivity contribution in [2.24, 2.45) is 17.8 Å². The quantitative estimate of drug-likeness (QED) is 0.857. The average molecular weight is 328 g/mol. The van der Waals surface area contributed by atoms with E-state index in [1.807, 2.05) is 0 Å². The molecule has 5 rings (SSSR count). The minimum absolute atomic E-state index is 0.000758. The van der Waals surface area contributed by atoms with Crippen molar-refractivity contribution in [3.8, 4) is 6.07 Å². The van der Waals surface area contributed by atoms with Crippen molar-refractivity contribution in [1.82, 2.24) is 25.4 Å². The molecular weight excluding hydrogens is 308 g/mol. The summed E-state index contributed by atoms with van der Waals surface area (Å²) in [4.78, 5) is 27.9. The van der Waals surface area contributed by atoms with Gasteiger partial charge in [0.05, 0.1) is 0 Å². The van der Waals surface area contributed by atoms with Gasteiger partial charge in [-0.3, -0.25) is 10.1 Å². The van der Waals surface area contributed by atoms with Gasteiger partial charge in [0.1, 0.15) is 18.9 Å². The lowest BCUT2D eigenvalue weighted by atomic mass is 9.53. The molecule has 4 saturated carbocycles. The van der Waals surface area contributed by atoms with Gasteiger partial charge < -0.3 is 5.32 Å². The summed E-state index contributed by atoms with van der Waals surface area (Å²) >= 11 is 0. The summed E-state index contributed by atoms with van der Waals surface area (Å²) < 4.78 is 1.24. The normalized spacial score (nSPS) is 33.0. The number of hydrogen-bond donors (Lipinski definition) is 2. The third-order valence-corrected chi connectivity index (χ3v) is 5.61. The molecule has 3 amide bonds. The first-order valence-corrected chi connectivity index (χ1v) is 8.45. The van der Waals surface area contributed by atoms with E-state index in [-0.39, 0.29) is 17.9 Å².